The lowest BCUT2D eigenvalue weighted by Crippen LogP contribution is -2.52. The number of piperazine rings is 1. The molecule has 7 nitrogen and oxygen atoms in total. The average molecular weight is 403 g/mol. The molecule has 0 atom stereocenters. The first kappa shape index (κ1) is 21.1. The predicted molar refractivity (Wildman–Crippen MR) is 114 cm³/mol. The van der Waals surface area contributed by atoms with Gasteiger partial charge in [0.2, 0.25) is 0 Å². The zero-order valence-electron chi connectivity index (χ0n) is 17.8. The van der Waals surface area contributed by atoms with E-state index in [2.05, 4.69) is 32.1 Å². The van der Waals surface area contributed by atoms with Crippen LogP contribution in [-0.4, -0.2) is 67.6 Å². The van der Waals surface area contributed by atoms with Crippen molar-refractivity contribution in [3.05, 3.63) is 47.0 Å². The molecule has 0 saturated carbocycles. The molecule has 29 heavy (non-hydrogen) atoms. The Morgan fingerprint density at radius 2 is 1.86 bits per heavy atom. The molecule has 0 amide bonds. The summed E-state index contributed by atoms with van der Waals surface area (Å²) < 4.78 is 20.3. The van der Waals surface area contributed by atoms with E-state index in [1.54, 1.807) is 7.11 Å². The van der Waals surface area contributed by atoms with E-state index in [0.29, 0.717) is 13.2 Å². The molecule has 1 saturated heterocycles. The fourth-order valence-corrected chi connectivity index (χ4v) is 3.71. The van der Waals surface area contributed by atoms with Gasteiger partial charge in [0.1, 0.15) is 5.82 Å². The molecule has 0 unspecified atom stereocenters. The number of methoxy groups -OCH3 is 1. The summed E-state index contributed by atoms with van der Waals surface area (Å²) in [5.41, 5.74) is 4.45. The van der Waals surface area contributed by atoms with E-state index in [-0.39, 0.29) is 5.82 Å². The van der Waals surface area contributed by atoms with Gasteiger partial charge < -0.3 is 19.9 Å². The minimum atomic E-state index is -0.201. The van der Waals surface area contributed by atoms with Gasteiger partial charge in [-0.3, -0.25) is 9.67 Å². The molecule has 0 radical (unpaired) electrons. The van der Waals surface area contributed by atoms with Crippen molar-refractivity contribution in [2.75, 3.05) is 51.8 Å². The van der Waals surface area contributed by atoms with Crippen LogP contribution in [0.15, 0.2) is 29.3 Å². The summed E-state index contributed by atoms with van der Waals surface area (Å²) >= 11 is 0. The Balaban J connectivity index is 1.56. The van der Waals surface area contributed by atoms with Crippen molar-refractivity contribution < 1.29 is 9.13 Å². The summed E-state index contributed by atoms with van der Waals surface area (Å²) in [6.07, 6.45) is 0. The smallest absolute Gasteiger partial charge is 0.194 e. The van der Waals surface area contributed by atoms with Crippen molar-refractivity contribution in [2.24, 2.45) is 4.99 Å². The van der Waals surface area contributed by atoms with Crippen LogP contribution < -0.4 is 10.2 Å². The molecular weight excluding hydrogens is 371 g/mol. The fourth-order valence-electron chi connectivity index (χ4n) is 3.71. The molecule has 1 N–H and O–H groups in total. The van der Waals surface area contributed by atoms with Gasteiger partial charge >= 0.3 is 0 Å². The highest BCUT2D eigenvalue weighted by Crippen LogP contribution is 2.17. The number of ether oxygens (including phenoxy) is 1. The first-order valence-electron chi connectivity index (χ1n) is 10.0. The van der Waals surface area contributed by atoms with E-state index in [1.807, 2.05) is 30.8 Å². The molecular formula is C21H31FN6O. The molecule has 1 aliphatic heterocycles. The standard InChI is InChI=1S/C21H31FN6O/c1-16-20(17(2)28(25-16)13-14-29-4)15-24-21(23-3)27-11-9-26(10-12-27)19-7-5-18(22)6-8-19/h5-8H,9-15H2,1-4H3,(H,23,24). The number of aryl methyl sites for hydroxylation is 1. The molecule has 8 heteroatoms. The molecule has 158 valence electrons. The van der Waals surface area contributed by atoms with Gasteiger partial charge in [-0.05, 0) is 38.1 Å². The van der Waals surface area contributed by atoms with Gasteiger partial charge in [-0.2, -0.15) is 5.10 Å². The number of hydrogen-bond acceptors (Lipinski definition) is 4. The van der Waals surface area contributed by atoms with Crippen molar-refractivity contribution in [3.63, 3.8) is 0 Å². The lowest BCUT2D eigenvalue weighted by Gasteiger charge is -2.37. The van der Waals surface area contributed by atoms with Crippen LogP contribution in [0.5, 0.6) is 0 Å². The SMILES string of the molecule is CN=C(NCc1c(C)nn(CCOC)c1C)N1CCN(c2ccc(F)cc2)CC1. The number of hydrogen-bond donors (Lipinski definition) is 1. The van der Waals surface area contributed by atoms with Crippen LogP contribution in [0.4, 0.5) is 10.1 Å². The maximum atomic E-state index is 13.1. The van der Waals surface area contributed by atoms with Crippen LogP contribution in [0, 0.1) is 19.7 Å². The first-order valence-corrected chi connectivity index (χ1v) is 10.0. The summed E-state index contributed by atoms with van der Waals surface area (Å²) in [6, 6.07) is 6.70. The van der Waals surface area contributed by atoms with Gasteiger partial charge in [0, 0.05) is 63.8 Å². The number of aliphatic imine (C=N–C) groups is 1. The number of aromatic nitrogens is 2. The van der Waals surface area contributed by atoms with Crippen molar-refractivity contribution >= 4 is 11.6 Å². The third-order valence-corrected chi connectivity index (χ3v) is 5.44. The van der Waals surface area contributed by atoms with Crippen LogP contribution in [0.3, 0.4) is 0 Å². The molecule has 0 spiro atoms. The predicted octanol–water partition coefficient (Wildman–Crippen LogP) is 2.18. The molecule has 2 heterocycles. The Labute approximate surface area is 172 Å². The fraction of sp³-hybridized carbons (Fsp3) is 0.524. The Bertz CT molecular complexity index is 824. The number of halogens is 1. The maximum absolute atomic E-state index is 13.1. The van der Waals surface area contributed by atoms with Crippen LogP contribution in [0.2, 0.25) is 0 Å². The summed E-state index contributed by atoms with van der Waals surface area (Å²) in [5, 5.41) is 8.12. The normalized spacial score (nSPS) is 15.1. The summed E-state index contributed by atoms with van der Waals surface area (Å²) in [6.45, 7) is 9.70. The van der Waals surface area contributed by atoms with Gasteiger partial charge in [-0.15, -0.1) is 0 Å². The summed E-state index contributed by atoms with van der Waals surface area (Å²) in [4.78, 5) is 9.01. The van der Waals surface area contributed by atoms with Gasteiger partial charge in [-0.25, -0.2) is 4.39 Å². The minimum Gasteiger partial charge on any atom is -0.383 e. The van der Waals surface area contributed by atoms with E-state index in [9.17, 15) is 4.39 Å². The first-order chi connectivity index (χ1) is 14.0. The Kier molecular flexibility index (Phi) is 7.09. The van der Waals surface area contributed by atoms with E-state index in [4.69, 9.17) is 4.74 Å². The second kappa shape index (κ2) is 9.73. The summed E-state index contributed by atoms with van der Waals surface area (Å²) in [5.74, 6) is 0.695. The van der Waals surface area contributed by atoms with Crippen LogP contribution in [0.1, 0.15) is 17.0 Å². The molecule has 0 bridgehead atoms. The van der Waals surface area contributed by atoms with Gasteiger partial charge in [0.15, 0.2) is 5.96 Å². The quantitative estimate of drug-likeness (QED) is 0.593. The van der Waals surface area contributed by atoms with Gasteiger partial charge in [0.25, 0.3) is 0 Å². The molecule has 1 fully saturated rings. The maximum Gasteiger partial charge on any atom is 0.194 e. The minimum absolute atomic E-state index is 0.201. The highest BCUT2D eigenvalue weighted by Gasteiger charge is 2.20. The molecule has 1 aliphatic rings. The molecule has 1 aromatic heterocycles. The zero-order valence-corrected chi connectivity index (χ0v) is 17.8. The van der Waals surface area contributed by atoms with E-state index >= 15 is 0 Å². The number of nitrogens with zero attached hydrogens (tertiary/aromatic N) is 5. The molecule has 0 aliphatic carbocycles. The second-order valence-electron chi connectivity index (χ2n) is 7.22. The van der Waals surface area contributed by atoms with E-state index in [1.165, 1.54) is 17.7 Å². The molecule has 2 aromatic rings. The van der Waals surface area contributed by atoms with Gasteiger partial charge in [0.05, 0.1) is 18.8 Å². The van der Waals surface area contributed by atoms with Crippen LogP contribution in [0.25, 0.3) is 0 Å². The van der Waals surface area contributed by atoms with Crippen molar-refractivity contribution in [1.29, 1.82) is 0 Å². The highest BCUT2D eigenvalue weighted by atomic mass is 19.1. The Morgan fingerprint density at radius 1 is 1.17 bits per heavy atom. The van der Waals surface area contributed by atoms with Crippen molar-refractivity contribution in [3.8, 4) is 0 Å². The van der Waals surface area contributed by atoms with E-state index in [0.717, 1.165) is 55.8 Å². The topological polar surface area (TPSA) is 57.9 Å². The van der Waals surface area contributed by atoms with Crippen molar-refractivity contribution in [2.45, 2.75) is 26.9 Å². The third-order valence-electron chi connectivity index (χ3n) is 5.44. The zero-order chi connectivity index (χ0) is 20.8. The van der Waals surface area contributed by atoms with Crippen LogP contribution >= 0.6 is 0 Å². The van der Waals surface area contributed by atoms with Gasteiger partial charge in [-0.1, -0.05) is 0 Å². The average Bonchev–Trinajstić information content (AvgIpc) is 3.01. The Morgan fingerprint density at radius 3 is 2.48 bits per heavy atom. The second-order valence-corrected chi connectivity index (χ2v) is 7.22. The number of benzene rings is 1. The molecule has 1 aromatic carbocycles. The van der Waals surface area contributed by atoms with Crippen LogP contribution in [-0.2, 0) is 17.8 Å². The summed E-state index contributed by atoms with van der Waals surface area (Å²) in [7, 11) is 3.52. The number of guanidine groups is 1. The largest absolute Gasteiger partial charge is 0.383 e. The lowest BCUT2D eigenvalue weighted by molar-refractivity contribution is 0.182. The number of nitrogens with one attached hydrogen (secondary N) is 1. The van der Waals surface area contributed by atoms with E-state index < -0.39 is 0 Å². The highest BCUT2D eigenvalue weighted by molar-refractivity contribution is 5.80. The van der Waals surface area contributed by atoms with Crippen molar-refractivity contribution in [1.82, 2.24) is 20.0 Å². The molecule has 3 rings (SSSR count). The number of rotatable bonds is 6. The third kappa shape index (κ3) is 5.06. The lowest BCUT2D eigenvalue weighted by atomic mass is 10.2. The monoisotopic (exact) mass is 402 g/mol. The number of anilines is 1. The Hall–Kier alpha value is -2.61.